The number of hydrogen-bond donors (Lipinski definition) is 4. The van der Waals surface area contributed by atoms with Gasteiger partial charge in [0, 0.05) is 5.75 Å². The topological polar surface area (TPSA) is 158 Å². The predicted octanol–water partition coefficient (Wildman–Crippen LogP) is -0.558. The molecule has 9 nitrogen and oxygen atoms in total. The van der Waals surface area contributed by atoms with E-state index in [9.17, 15) is 4.79 Å². The van der Waals surface area contributed by atoms with Crippen LogP contribution in [0.3, 0.4) is 0 Å². The summed E-state index contributed by atoms with van der Waals surface area (Å²) in [5, 5.41) is 2.72. The first-order valence-corrected chi connectivity index (χ1v) is 6.75. The van der Waals surface area contributed by atoms with Gasteiger partial charge in [0.05, 0.1) is 6.54 Å². The van der Waals surface area contributed by atoms with E-state index in [-0.39, 0.29) is 28.4 Å². The number of rotatable bonds is 1. The second-order valence-electron chi connectivity index (χ2n) is 3.60. The second-order valence-corrected chi connectivity index (χ2v) is 5.02. The van der Waals surface area contributed by atoms with E-state index in [2.05, 4.69) is 25.3 Å². The molecule has 0 unspecified atom stereocenters. The summed E-state index contributed by atoms with van der Waals surface area (Å²) in [5.74, 6) is -0.158. The molecule has 0 saturated carbocycles. The molecule has 2 rings (SSSR count). The molecule has 0 saturated heterocycles. The van der Waals surface area contributed by atoms with Gasteiger partial charge in [-0.2, -0.15) is 4.99 Å². The van der Waals surface area contributed by atoms with Gasteiger partial charge in [0.15, 0.2) is 27.7 Å². The molecule has 0 atom stereocenters. The van der Waals surface area contributed by atoms with E-state index < -0.39 is 5.91 Å². The quantitative estimate of drug-likeness (QED) is 0.399. The minimum atomic E-state index is -0.679. The normalized spacial score (nSPS) is 15.1. The Kier molecular flexibility index (Phi) is 4.25. The van der Waals surface area contributed by atoms with Gasteiger partial charge in [-0.05, 0) is 0 Å². The molecule has 7 N–H and O–H groups in total. The Balaban J connectivity index is 2.14. The van der Waals surface area contributed by atoms with Crippen LogP contribution in [0, 0.1) is 0 Å². The van der Waals surface area contributed by atoms with Crippen LogP contribution in [-0.4, -0.2) is 39.3 Å². The van der Waals surface area contributed by atoms with E-state index in [1.807, 2.05) is 0 Å². The number of amides is 1. The molecule has 0 spiro atoms. The predicted molar refractivity (Wildman–Crippen MR) is 79.7 cm³/mol. The summed E-state index contributed by atoms with van der Waals surface area (Å²) in [6.07, 6.45) is 0. The number of nitrogens with one attached hydrogen (secondary N) is 1. The van der Waals surface area contributed by atoms with Crippen molar-refractivity contribution in [3.05, 3.63) is 10.8 Å². The van der Waals surface area contributed by atoms with Crippen LogP contribution < -0.4 is 22.5 Å². The molecule has 0 fully saturated rings. The van der Waals surface area contributed by atoms with Crippen LogP contribution in [0.4, 0.5) is 11.6 Å². The number of amidine groups is 1. The lowest BCUT2D eigenvalue weighted by molar-refractivity contribution is 0.0972. The molecule has 1 aliphatic rings. The number of thioether (sulfide) groups is 1. The standard InChI is InChI=1S/C9H11ClN8OS/c10-4-6(12)16-5(11)3(15-4)7(19)17-8(13)18-9-14-1-2-20-9/h1-2H2,(H4,11,12,16)(H3,13,14,17,18,19). The average molecular weight is 315 g/mol. The lowest BCUT2D eigenvalue weighted by Crippen LogP contribution is -2.38. The van der Waals surface area contributed by atoms with Gasteiger partial charge in [-0.3, -0.25) is 15.1 Å². The molecule has 0 aromatic carbocycles. The summed E-state index contributed by atoms with van der Waals surface area (Å²) >= 11 is 7.13. The van der Waals surface area contributed by atoms with E-state index in [0.29, 0.717) is 11.7 Å². The Hall–Kier alpha value is -2.07. The highest BCUT2D eigenvalue weighted by Gasteiger charge is 2.17. The van der Waals surface area contributed by atoms with Crippen molar-refractivity contribution in [2.45, 2.75) is 0 Å². The van der Waals surface area contributed by atoms with Crippen LogP contribution in [0.25, 0.3) is 0 Å². The van der Waals surface area contributed by atoms with Gasteiger partial charge in [-0.1, -0.05) is 23.4 Å². The second kappa shape index (κ2) is 5.92. The van der Waals surface area contributed by atoms with Crippen molar-refractivity contribution >= 4 is 52.0 Å². The average Bonchev–Trinajstić information content (AvgIpc) is 2.86. The molecule has 1 aliphatic heterocycles. The third-order valence-corrected chi connectivity index (χ3v) is 3.29. The van der Waals surface area contributed by atoms with Crippen molar-refractivity contribution in [3.8, 4) is 0 Å². The van der Waals surface area contributed by atoms with Crippen LogP contribution in [0.15, 0.2) is 9.98 Å². The third-order valence-electron chi connectivity index (χ3n) is 2.15. The monoisotopic (exact) mass is 314 g/mol. The molecule has 1 aromatic heterocycles. The lowest BCUT2D eigenvalue weighted by atomic mass is 10.4. The van der Waals surface area contributed by atoms with Crippen molar-refractivity contribution in [2.75, 3.05) is 23.8 Å². The van der Waals surface area contributed by atoms with E-state index >= 15 is 0 Å². The maximum atomic E-state index is 11.9. The zero-order valence-electron chi connectivity index (χ0n) is 10.1. The van der Waals surface area contributed by atoms with Crippen LogP contribution in [-0.2, 0) is 0 Å². The van der Waals surface area contributed by atoms with Gasteiger partial charge in [0.1, 0.15) is 0 Å². The minimum Gasteiger partial charge on any atom is -0.382 e. The zero-order chi connectivity index (χ0) is 14.7. The van der Waals surface area contributed by atoms with Crippen molar-refractivity contribution < 1.29 is 4.79 Å². The molecule has 0 bridgehead atoms. The number of carbonyl (C=O) groups is 1. The smallest absolute Gasteiger partial charge is 0.280 e. The molecule has 1 aromatic rings. The number of aromatic nitrogens is 2. The van der Waals surface area contributed by atoms with Gasteiger partial charge in [0.2, 0.25) is 5.96 Å². The SMILES string of the molecule is N/C(=N\C1=NCCS1)NC(=O)c1nc(Cl)c(N)nc1N. The summed E-state index contributed by atoms with van der Waals surface area (Å²) in [4.78, 5) is 27.4. The number of aliphatic imine (C=N–C) groups is 2. The third kappa shape index (κ3) is 3.27. The molecule has 106 valence electrons. The van der Waals surface area contributed by atoms with Gasteiger partial charge in [-0.25, -0.2) is 9.97 Å². The van der Waals surface area contributed by atoms with Crippen LogP contribution in [0.1, 0.15) is 10.5 Å². The van der Waals surface area contributed by atoms with E-state index in [1.54, 1.807) is 0 Å². The fourth-order valence-corrected chi connectivity index (χ4v) is 2.14. The number of carbonyl (C=O) groups excluding carboxylic acids is 1. The van der Waals surface area contributed by atoms with Gasteiger partial charge in [-0.15, -0.1) is 0 Å². The lowest BCUT2D eigenvalue weighted by Gasteiger charge is -2.06. The first-order valence-electron chi connectivity index (χ1n) is 5.38. The van der Waals surface area contributed by atoms with E-state index in [0.717, 1.165) is 5.75 Å². The zero-order valence-corrected chi connectivity index (χ0v) is 11.7. The van der Waals surface area contributed by atoms with Crippen molar-refractivity contribution in [1.82, 2.24) is 15.3 Å². The highest BCUT2D eigenvalue weighted by atomic mass is 35.5. The fourth-order valence-electron chi connectivity index (χ4n) is 1.31. The van der Waals surface area contributed by atoms with Gasteiger partial charge >= 0.3 is 0 Å². The van der Waals surface area contributed by atoms with Crippen LogP contribution in [0.2, 0.25) is 5.15 Å². The minimum absolute atomic E-state index is 0.0564. The van der Waals surface area contributed by atoms with Crippen molar-refractivity contribution in [2.24, 2.45) is 15.7 Å². The Labute approximate surface area is 123 Å². The Morgan fingerprint density at radius 3 is 2.75 bits per heavy atom. The molecule has 1 amide bonds. The summed E-state index contributed by atoms with van der Waals surface area (Å²) < 4.78 is 0. The number of anilines is 2. The van der Waals surface area contributed by atoms with Crippen LogP contribution in [0.5, 0.6) is 0 Å². The molecule has 0 radical (unpaired) electrons. The van der Waals surface area contributed by atoms with E-state index in [4.69, 9.17) is 28.8 Å². The Bertz CT molecular complexity index is 616. The summed E-state index contributed by atoms with van der Waals surface area (Å²) in [6, 6.07) is 0. The van der Waals surface area contributed by atoms with Crippen molar-refractivity contribution in [3.63, 3.8) is 0 Å². The van der Waals surface area contributed by atoms with E-state index in [1.165, 1.54) is 11.8 Å². The molecule has 2 heterocycles. The summed E-state index contributed by atoms with van der Waals surface area (Å²) in [6.45, 7) is 0.677. The molecule has 11 heteroatoms. The summed E-state index contributed by atoms with van der Waals surface area (Å²) in [5.41, 5.74) is 16.4. The first kappa shape index (κ1) is 14.3. The van der Waals surface area contributed by atoms with Crippen LogP contribution >= 0.6 is 23.4 Å². The number of nitrogen functional groups attached to an aromatic ring is 2. The van der Waals surface area contributed by atoms with Crippen molar-refractivity contribution in [1.29, 1.82) is 0 Å². The Morgan fingerprint density at radius 1 is 1.35 bits per heavy atom. The van der Waals surface area contributed by atoms with Gasteiger partial charge < -0.3 is 17.2 Å². The summed E-state index contributed by atoms with van der Waals surface area (Å²) in [7, 11) is 0. The molecule has 20 heavy (non-hydrogen) atoms. The fraction of sp³-hybridized carbons (Fsp3) is 0.222. The number of nitrogens with zero attached hydrogens (tertiary/aromatic N) is 4. The largest absolute Gasteiger partial charge is 0.382 e. The first-order chi connectivity index (χ1) is 9.47. The Morgan fingerprint density at radius 2 is 2.10 bits per heavy atom. The molecular weight excluding hydrogens is 304 g/mol. The molecular formula is C9H11ClN8OS. The highest BCUT2D eigenvalue weighted by Crippen LogP contribution is 2.17. The van der Waals surface area contributed by atoms with Gasteiger partial charge in [0.25, 0.3) is 5.91 Å². The maximum Gasteiger partial charge on any atom is 0.280 e. The number of guanidine groups is 1. The highest BCUT2D eigenvalue weighted by molar-refractivity contribution is 8.14. The number of halogens is 1. The maximum absolute atomic E-state index is 11.9. The number of nitrogens with two attached hydrogens (primary N) is 3. The number of hydrogen-bond acceptors (Lipinski definition) is 8. The molecule has 0 aliphatic carbocycles.